The van der Waals surface area contributed by atoms with Gasteiger partial charge in [-0.2, -0.15) is 0 Å². The molecule has 7 fully saturated rings. The predicted octanol–water partition coefficient (Wildman–Crippen LogP) is 12.7. The van der Waals surface area contributed by atoms with Crippen molar-refractivity contribution in [1.82, 2.24) is 0 Å². The summed E-state index contributed by atoms with van der Waals surface area (Å²) in [5, 5.41) is 0. The zero-order chi connectivity index (χ0) is 27.3. The van der Waals surface area contributed by atoms with E-state index in [1.807, 2.05) is 0 Å². The van der Waals surface area contributed by atoms with E-state index in [1.165, 1.54) is 38.5 Å². The molecular formula is C40H68. The van der Waals surface area contributed by atoms with Gasteiger partial charge >= 0.3 is 0 Å². The lowest BCUT2D eigenvalue weighted by Crippen LogP contribution is -2.50. The third-order valence-corrected chi connectivity index (χ3v) is 16.6. The fourth-order valence-electron chi connectivity index (χ4n) is 13.4. The minimum absolute atomic E-state index is 0.753. The van der Waals surface area contributed by atoms with Crippen LogP contribution < -0.4 is 0 Å². The van der Waals surface area contributed by atoms with Crippen LogP contribution in [0.15, 0.2) is 0 Å². The minimum atomic E-state index is 0.753. The van der Waals surface area contributed by atoms with Crippen LogP contribution in [-0.2, 0) is 0 Å². The summed E-state index contributed by atoms with van der Waals surface area (Å²) in [6, 6.07) is 0. The van der Waals surface area contributed by atoms with Crippen LogP contribution in [0.1, 0.15) is 194 Å². The van der Waals surface area contributed by atoms with Gasteiger partial charge in [0.05, 0.1) is 0 Å². The van der Waals surface area contributed by atoms with Gasteiger partial charge in [0, 0.05) is 0 Å². The van der Waals surface area contributed by atoms with Crippen molar-refractivity contribution in [2.45, 2.75) is 194 Å². The summed E-state index contributed by atoms with van der Waals surface area (Å²) in [6.07, 6.45) is 44.4. The first kappa shape index (κ1) is 28.8. The number of rotatable bonds is 2. The van der Waals surface area contributed by atoms with Crippen LogP contribution in [0, 0.1) is 57.2 Å². The Morgan fingerprint density at radius 2 is 0.875 bits per heavy atom. The molecule has 0 nitrogen and oxygen atoms in total. The highest BCUT2D eigenvalue weighted by Crippen LogP contribution is 2.67. The summed E-state index contributed by atoms with van der Waals surface area (Å²) in [6.45, 7) is 5.18. The first-order valence-electron chi connectivity index (χ1n) is 19.4. The summed E-state index contributed by atoms with van der Waals surface area (Å²) < 4.78 is 0. The Bertz CT molecular complexity index is 812. The van der Waals surface area contributed by atoms with Crippen LogP contribution in [0.4, 0.5) is 0 Å². The second kappa shape index (κ2) is 11.5. The molecule has 0 aromatic carbocycles. The van der Waals surface area contributed by atoms with E-state index in [1.54, 1.807) is 141 Å². The van der Waals surface area contributed by atoms with Gasteiger partial charge in [0.25, 0.3) is 0 Å². The second-order valence-electron chi connectivity index (χ2n) is 18.5. The maximum Gasteiger partial charge on any atom is -0.0266 e. The molecule has 228 valence electrons. The SMILES string of the molecule is CC1CCC2(CC1)CCC1(CCC3(CCC4(CC[C@H](C)C(C5CCCCC5)C4)CC3)CC1)C(C1CCCCC1)C2. The lowest BCUT2D eigenvalue weighted by Gasteiger charge is -2.61. The second-order valence-corrected chi connectivity index (χ2v) is 18.5. The quantitative estimate of drug-likeness (QED) is 0.322. The van der Waals surface area contributed by atoms with Crippen LogP contribution in [0.3, 0.4) is 0 Å². The Hall–Kier alpha value is 0. The van der Waals surface area contributed by atoms with Crippen molar-refractivity contribution in [2.24, 2.45) is 57.2 Å². The molecule has 3 atom stereocenters. The molecule has 4 spiro atoms. The molecule has 0 aliphatic heterocycles. The molecule has 0 aromatic rings. The fraction of sp³-hybridized carbons (Fsp3) is 1.00. The maximum absolute atomic E-state index is 2.64. The van der Waals surface area contributed by atoms with Gasteiger partial charge in [-0.05, 0) is 160 Å². The maximum atomic E-state index is 2.64. The van der Waals surface area contributed by atoms with Crippen molar-refractivity contribution in [3.8, 4) is 0 Å². The van der Waals surface area contributed by atoms with E-state index in [4.69, 9.17) is 0 Å². The molecule has 0 heteroatoms. The molecule has 7 saturated carbocycles. The normalized spacial score (nSPS) is 49.6. The molecule has 2 unspecified atom stereocenters. The van der Waals surface area contributed by atoms with Crippen LogP contribution in [-0.4, -0.2) is 0 Å². The summed E-state index contributed by atoms with van der Waals surface area (Å²) >= 11 is 0. The van der Waals surface area contributed by atoms with E-state index in [2.05, 4.69) is 13.8 Å². The first-order chi connectivity index (χ1) is 19.4. The molecule has 7 rings (SSSR count). The number of hydrogen-bond donors (Lipinski definition) is 0. The van der Waals surface area contributed by atoms with Crippen LogP contribution in [0.5, 0.6) is 0 Å². The van der Waals surface area contributed by atoms with E-state index >= 15 is 0 Å². The van der Waals surface area contributed by atoms with Gasteiger partial charge in [0.15, 0.2) is 0 Å². The Kier molecular flexibility index (Phi) is 8.26. The highest BCUT2D eigenvalue weighted by atomic mass is 14.6. The van der Waals surface area contributed by atoms with Crippen LogP contribution in [0.2, 0.25) is 0 Å². The zero-order valence-corrected chi connectivity index (χ0v) is 27.3. The smallest absolute Gasteiger partial charge is 0.0266 e. The minimum Gasteiger partial charge on any atom is -0.0625 e. The third-order valence-electron chi connectivity index (χ3n) is 16.6. The zero-order valence-electron chi connectivity index (χ0n) is 27.3. The molecular weight excluding hydrogens is 480 g/mol. The van der Waals surface area contributed by atoms with Gasteiger partial charge in [-0.3, -0.25) is 0 Å². The monoisotopic (exact) mass is 549 g/mol. The Morgan fingerprint density at radius 3 is 1.50 bits per heavy atom. The van der Waals surface area contributed by atoms with E-state index in [9.17, 15) is 0 Å². The largest absolute Gasteiger partial charge is 0.0625 e. The predicted molar refractivity (Wildman–Crippen MR) is 171 cm³/mol. The van der Waals surface area contributed by atoms with Gasteiger partial charge in [0.1, 0.15) is 0 Å². The standard InChI is InChI=1S/C40H68/c1-31-13-16-38(17-14-31)25-28-40(36(30-38)34-11-7-4-8-12-34)26-23-37(24-27-40)19-21-39(22-20-37)18-15-32(2)35(29-39)33-9-5-3-6-10-33/h31-36H,3-30H2,1-2H3/t31?,32-,35?,36?,37?,38?,39?,40?/m0/s1. The third kappa shape index (κ3) is 5.53. The lowest BCUT2D eigenvalue weighted by molar-refractivity contribution is -0.102. The van der Waals surface area contributed by atoms with E-state index in [-0.39, 0.29) is 0 Å². The molecule has 0 N–H and O–H groups in total. The number of hydrogen-bond acceptors (Lipinski definition) is 0. The highest BCUT2D eigenvalue weighted by Gasteiger charge is 2.56. The van der Waals surface area contributed by atoms with Crippen molar-refractivity contribution in [3.63, 3.8) is 0 Å². The first-order valence-corrected chi connectivity index (χ1v) is 19.4. The van der Waals surface area contributed by atoms with Crippen molar-refractivity contribution < 1.29 is 0 Å². The Balaban J connectivity index is 1.01. The van der Waals surface area contributed by atoms with E-state index < -0.39 is 0 Å². The van der Waals surface area contributed by atoms with Gasteiger partial charge < -0.3 is 0 Å². The van der Waals surface area contributed by atoms with Crippen LogP contribution >= 0.6 is 0 Å². The molecule has 0 radical (unpaired) electrons. The average molecular weight is 549 g/mol. The lowest BCUT2D eigenvalue weighted by atomic mass is 9.44. The molecule has 0 saturated heterocycles. The summed E-state index contributed by atoms with van der Waals surface area (Å²) in [4.78, 5) is 0. The Labute approximate surface area is 250 Å². The summed E-state index contributed by atoms with van der Waals surface area (Å²) in [7, 11) is 0. The van der Waals surface area contributed by atoms with E-state index in [0.29, 0.717) is 0 Å². The van der Waals surface area contributed by atoms with Gasteiger partial charge in [-0.1, -0.05) is 90.9 Å². The average Bonchev–Trinajstić information content (AvgIpc) is 3.01. The van der Waals surface area contributed by atoms with Crippen LogP contribution in [0.25, 0.3) is 0 Å². The molecule has 0 heterocycles. The van der Waals surface area contributed by atoms with Gasteiger partial charge in [-0.15, -0.1) is 0 Å². The molecule has 40 heavy (non-hydrogen) atoms. The van der Waals surface area contributed by atoms with Crippen molar-refractivity contribution in [2.75, 3.05) is 0 Å². The molecule has 0 amide bonds. The molecule has 7 aliphatic rings. The Morgan fingerprint density at radius 1 is 0.400 bits per heavy atom. The summed E-state index contributed by atoms with van der Waals surface area (Å²) in [5.74, 6) is 6.37. The van der Waals surface area contributed by atoms with Crippen molar-refractivity contribution in [3.05, 3.63) is 0 Å². The van der Waals surface area contributed by atoms with Gasteiger partial charge in [0.2, 0.25) is 0 Å². The van der Waals surface area contributed by atoms with Crippen molar-refractivity contribution >= 4 is 0 Å². The topological polar surface area (TPSA) is 0 Å². The van der Waals surface area contributed by atoms with E-state index in [0.717, 1.165) is 57.2 Å². The molecule has 0 bridgehead atoms. The molecule has 0 aromatic heterocycles. The highest BCUT2D eigenvalue weighted by molar-refractivity contribution is 5.07. The van der Waals surface area contributed by atoms with Crippen molar-refractivity contribution in [1.29, 1.82) is 0 Å². The summed E-state index contributed by atoms with van der Waals surface area (Å²) in [5.41, 5.74) is 3.03. The molecule has 7 aliphatic carbocycles. The fourth-order valence-corrected chi connectivity index (χ4v) is 13.4. The van der Waals surface area contributed by atoms with Gasteiger partial charge in [-0.25, -0.2) is 0 Å².